The van der Waals surface area contributed by atoms with Crippen LogP contribution in [-0.2, 0) is 0 Å². The molecule has 7 aromatic carbocycles. The van der Waals surface area contributed by atoms with Crippen molar-refractivity contribution >= 4 is 75.3 Å². The summed E-state index contributed by atoms with van der Waals surface area (Å²) in [5.41, 5.74) is 10.9. The van der Waals surface area contributed by atoms with E-state index in [9.17, 15) is 0 Å². The van der Waals surface area contributed by atoms with Crippen LogP contribution in [0.4, 0.5) is 0 Å². The molecule has 0 bridgehead atoms. The summed E-state index contributed by atoms with van der Waals surface area (Å²) in [5.74, 6) is 0.713. The Hall–Kier alpha value is -6.56. The zero-order chi connectivity index (χ0) is 33.5. The van der Waals surface area contributed by atoms with Gasteiger partial charge in [-0.2, -0.15) is 0 Å². The second kappa shape index (κ2) is 11.0. The molecule has 0 fully saturated rings. The van der Waals surface area contributed by atoms with Gasteiger partial charge < -0.3 is 9.13 Å². The van der Waals surface area contributed by atoms with Crippen molar-refractivity contribution in [1.82, 2.24) is 19.1 Å². The molecule has 5 heteroatoms. The Balaban J connectivity index is 1.28. The van der Waals surface area contributed by atoms with Crippen molar-refractivity contribution in [3.05, 3.63) is 170 Å². The summed E-state index contributed by atoms with van der Waals surface area (Å²) in [6, 6.07) is 60.5. The number of para-hydroxylation sites is 4. The third-order valence-electron chi connectivity index (χ3n) is 10.1. The van der Waals surface area contributed by atoms with Crippen LogP contribution in [0.2, 0.25) is 0 Å². The van der Waals surface area contributed by atoms with Gasteiger partial charge in [-0.15, -0.1) is 11.3 Å². The summed E-state index contributed by atoms with van der Waals surface area (Å²) in [7, 11) is 0. The fourth-order valence-electron chi connectivity index (χ4n) is 7.97. The third-order valence-corrected chi connectivity index (χ3v) is 11.3. The second-order valence-electron chi connectivity index (χ2n) is 13.0. The maximum absolute atomic E-state index is 5.41. The largest absolute Gasteiger partial charge is 0.309 e. The van der Waals surface area contributed by atoms with Gasteiger partial charge in [-0.25, -0.2) is 9.97 Å². The topological polar surface area (TPSA) is 35.6 Å². The highest BCUT2D eigenvalue weighted by molar-refractivity contribution is 7.26. The van der Waals surface area contributed by atoms with Crippen LogP contribution in [0.1, 0.15) is 0 Å². The predicted octanol–water partition coefficient (Wildman–Crippen LogP) is 12.4. The minimum atomic E-state index is 0.713. The number of rotatable bonds is 4. The Morgan fingerprint density at radius 2 is 1.10 bits per heavy atom. The van der Waals surface area contributed by atoms with Crippen molar-refractivity contribution in [3.8, 4) is 34.0 Å². The molecule has 238 valence electrons. The molecule has 0 atom stereocenters. The molecule has 0 aliphatic rings. The van der Waals surface area contributed by atoms with Gasteiger partial charge in [0, 0.05) is 48.4 Å². The average molecular weight is 669 g/mol. The standard InChI is InChI=1S/C46H28N4S/c1-3-15-29(16-4-1)42-45-43(35-22-10-14-26-40(35)51-45)48-46(47-42)34-21-9-13-25-38(34)50-36-23-11-7-19-31(36)32-27-28-39-41(44(32)50)33-20-8-12-24-37(33)49(39)30-17-5-2-6-18-30/h1-28H. The highest BCUT2D eigenvalue weighted by atomic mass is 32.1. The lowest BCUT2D eigenvalue weighted by atomic mass is 10.1. The molecule has 0 amide bonds. The first-order chi connectivity index (χ1) is 25.3. The smallest absolute Gasteiger partial charge is 0.162 e. The minimum Gasteiger partial charge on any atom is -0.309 e. The highest BCUT2D eigenvalue weighted by Gasteiger charge is 2.23. The lowest BCUT2D eigenvalue weighted by molar-refractivity contribution is 1.16. The van der Waals surface area contributed by atoms with E-state index in [1.165, 1.54) is 42.8 Å². The van der Waals surface area contributed by atoms with Crippen LogP contribution in [0.25, 0.3) is 97.9 Å². The van der Waals surface area contributed by atoms with Crippen LogP contribution in [0.15, 0.2) is 170 Å². The van der Waals surface area contributed by atoms with E-state index < -0.39 is 0 Å². The summed E-state index contributed by atoms with van der Waals surface area (Å²) in [4.78, 5) is 10.8. The van der Waals surface area contributed by atoms with Crippen LogP contribution >= 0.6 is 11.3 Å². The Labute approximate surface area is 297 Å². The lowest BCUT2D eigenvalue weighted by Gasteiger charge is -2.15. The molecule has 4 heterocycles. The van der Waals surface area contributed by atoms with E-state index in [4.69, 9.17) is 9.97 Å². The predicted molar refractivity (Wildman–Crippen MR) is 214 cm³/mol. The van der Waals surface area contributed by atoms with E-state index in [-0.39, 0.29) is 0 Å². The quantitative estimate of drug-likeness (QED) is 0.187. The van der Waals surface area contributed by atoms with E-state index in [1.807, 2.05) is 0 Å². The van der Waals surface area contributed by atoms with E-state index in [0.717, 1.165) is 49.3 Å². The summed E-state index contributed by atoms with van der Waals surface area (Å²) < 4.78 is 7.16. The second-order valence-corrected chi connectivity index (χ2v) is 14.0. The fourth-order valence-corrected chi connectivity index (χ4v) is 9.13. The zero-order valence-electron chi connectivity index (χ0n) is 27.4. The lowest BCUT2D eigenvalue weighted by Crippen LogP contribution is -2.01. The van der Waals surface area contributed by atoms with Gasteiger partial charge in [0.05, 0.1) is 43.7 Å². The van der Waals surface area contributed by atoms with Crippen molar-refractivity contribution in [3.63, 3.8) is 0 Å². The van der Waals surface area contributed by atoms with Crippen molar-refractivity contribution in [2.45, 2.75) is 0 Å². The van der Waals surface area contributed by atoms with Crippen LogP contribution in [0.5, 0.6) is 0 Å². The molecule has 0 unspecified atom stereocenters. The number of benzene rings is 7. The number of hydrogen-bond donors (Lipinski definition) is 0. The normalized spacial score (nSPS) is 11.9. The molecule has 51 heavy (non-hydrogen) atoms. The monoisotopic (exact) mass is 668 g/mol. The molecule has 0 aliphatic carbocycles. The summed E-state index contributed by atoms with van der Waals surface area (Å²) in [6.45, 7) is 0. The number of aromatic nitrogens is 4. The van der Waals surface area contributed by atoms with Gasteiger partial charge in [0.2, 0.25) is 0 Å². The van der Waals surface area contributed by atoms with E-state index in [2.05, 4.69) is 179 Å². The molecule has 11 rings (SSSR count). The fraction of sp³-hybridized carbons (Fsp3) is 0. The maximum atomic E-state index is 5.41. The van der Waals surface area contributed by atoms with E-state index >= 15 is 0 Å². The molecule has 0 aliphatic heterocycles. The zero-order valence-corrected chi connectivity index (χ0v) is 28.2. The first-order valence-electron chi connectivity index (χ1n) is 17.2. The molecule has 4 nitrogen and oxygen atoms in total. The van der Waals surface area contributed by atoms with Crippen molar-refractivity contribution in [2.75, 3.05) is 0 Å². The summed E-state index contributed by atoms with van der Waals surface area (Å²) in [6.07, 6.45) is 0. The number of thiophene rings is 1. The van der Waals surface area contributed by atoms with E-state index in [1.54, 1.807) is 11.3 Å². The Morgan fingerprint density at radius 1 is 0.451 bits per heavy atom. The third kappa shape index (κ3) is 4.13. The summed E-state index contributed by atoms with van der Waals surface area (Å²) in [5, 5.41) is 6.03. The highest BCUT2D eigenvalue weighted by Crippen LogP contribution is 2.44. The Bertz CT molecular complexity index is 3130. The molecular formula is C46H28N4S. The first kappa shape index (κ1) is 28.3. The molecule has 4 aromatic heterocycles. The number of nitrogens with zero attached hydrogens (tertiary/aromatic N) is 4. The Kier molecular flexibility index (Phi) is 6.09. The van der Waals surface area contributed by atoms with E-state index in [0.29, 0.717) is 5.82 Å². The van der Waals surface area contributed by atoms with Gasteiger partial charge in [0.25, 0.3) is 0 Å². The molecule has 11 aromatic rings. The number of hydrogen-bond acceptors (Lipinski definition) is 3. The minimum absolute atomic E-state index is 0.713. The molecule has 0 saturated carbocycles. The van der Waals surface area contributed by atoms with Gasteiger partial charge in [0.1, 0.15) is 0 Å². The van der Waals surface area contributed by atoms with Crippen LogP contribution < -0.4 is 0 Å². The molecule has 0 radical (unpaired) electrons. The van der Waals surface area contributed by atoms with Crippen LogP contribution in [0.3, 0.4) is 0 Å². The SMILES string of the molecule is c1ccc(-c2nc(-c3ccccc3-n3c4ccccc4c4ccc5c(c6ccccc6n5-c5ccccc5)c43)nc3c2sc2ccccc23)cc1. The van der Waals surface area contributed by atoms with Crippen molar-refractivity contribution in [2.24, 2.45) is 0 Å². The van der Waals surface area contributed by atoms with Gasteiger partial charge in [-0.3, -0.25) is 0 Å². The van der Waals surface area contributed by atoms with Gasteiger partial charge in [-0.05, 0) is 48.5 Å². The van der Waals surface area contributed by atoms with Gasteiger partial charge in [-0.1, -0.05) is 121 Å². The first-order valence-corrected chi connectivity index (χ1v) is 18.0. The molecule has 0 spiro atoms. The van der Waals surface area contributed by atoms with Gasteiger partial charge >= 0.3 is 0 Å². The van der Waals surface area contributed by atoms with Crippen LogP contribution in [-0.4, -0.2) is 19.1 Å². The molecule has 0 saturated heterocycles. The molecular weight excluding hydrogens is 641 g/mol. The Morgan fingerprint density at radius 3 is 1.92 bits per heavy atom. The number of fused-ring (bicyclic) bond motifs is 10. The molecule has 0 N–H and O–H groups in total. The van der Waals surface area contributed by atoms with Gasteiger partial charge in [0.15, 0.2) is 5.82 Å². The average Bonchev–Trinajstić information content (AvgIpc) is 3.86. The summed E-state index contributed by atoms with van der Waals surface area (Å²) >= 11 is 1.76. The maximum Gasteiger partial charge on any atom is 0.162 e. The van der Waals surface area contributed by atoms with Crippen LogP contribution in [0, 0.1) is 0 Å². The van der Waals surface area contributed by atoms with Crippen molar-refractivity contribution in [1.29, 1.82) is 0 Å². The van der Waals surface area contributed by atoms with Crippen molar-refractivity contribution < 1.29 is 0 Å².